The molecular weight excluding hydrogens is 280 g/mol. The number of nitrogens with zero attached hydrogens (tertiary/aromatic N) is 1. The Bertz CT molecular complexity index is 593. The van der Waals surface area contributed by atoms with Gasteiger partial charge in [0.25, 0.3) is 0 Å². The first-order valence-corrected chi connectivity index (χ1v) is 7.01. The summed E-state index contributed by atoms with van der Waals surface area (Å²) in [5.41, 5.74) is -0.290. The fourth-order valence-electron chi connectivity index (χ4n) is 2.01. The third-order valence-corrected chi connectivity index (χ3v) is 3.37. The summed E-state index contributed by atoms with van der Waals surface area (Å²) in [5.74, 6) is -0.387. The van der Waals surface area contributed by atoms with Crippen molar-refractivity contribution in [1.82, 2.24) is 9.55 Å². The van der Waals surface area contributed by atoms with Gasteiger partial charge in [0.15, 0.2) is 0 Å². The van der Waals surface area contributed by atoms with Crippen molar-refractivity contribution in [2.24, 2.45) is 5.92 Å². The number of aromatic amines is 1. The number of nitrogens with one attached hydrogen (secondary N) is 1. The SMILES string of the molecule is CC(C)C(=O)OCC1CCC(n2ccc(=S)[nH]c2=O)O1. The number of hydrogen-bond acceptors (Lipinski definition) is 5. The molecule has 0 aromatic carbocycles. The minimum Gasteiger partial charge on any atom is -0.463 e. The molecule has 1 aliphatic heterocycles. The standard InChI is InChI=1S/C13H18N2O4S/c1-8(2)12(16)18-7-9-3-4-11(19-9)15-6-5-10(20)14-13(15)17/h5-6,8-9,11H,3-4,7H2,1-2H3,(H,14,17,20). The summed E-state index contributed by atoms with van der Waals surface area (Å²) < 4.78 is 12.7. The molecule has 1 aromatic heterocycles. The second-order valence-corrected chi connectivity index (χ2v) is 5.53. The quantitative estimate of drug-likeness (QED) is 0.677. The lowest BCUT2D eigenvalue weighted by molar-refractivity contribution is -0.152. The van der Waals surface area contributed by atoms with Crippen molar-refractivity contribution in [1.29, 1.82) is 0 Å². The average molecular weight is 298 g/mol. The van der Waals surface area contributed by atoms with Crippen LogP contribution in [0.3, 0.4) is 0 Å². The van der Waals surface area contributed by atoms with Gasteiger partial charge in [-0.25, -0.2) is 4.79 Å². The van der Waals surface area contributed by atoms with Crippen molar-refractivity contribution in [3.05, 3.63) is 27.4 Å². The van der Waals surface area contributed by atoms with E-state index in [1.54, 1.807) is 26.1 Å². The van der Waals surface area contributed by atoms with Gasteiger partial charge in [-0.15, -0.1) is 0 Å². The van der Waals surface area contributed by atoms with Crippen molar-refractivity contribution in [3.8, 4) is 0 Å². The molecule has 2 unspecified atom stereocenters. The van der Waals surface area contributed by atoms with Crippen LogP contribution in [0.15, 0.2) is 17.1 Å². The molecule has 7 heteroatoms. The molecule has 110 valence electrons. The molecule has 0 radical (unpaired) electrons. The van der Waals surface area contributed by atoms with E-state index in [0.717, 1.165) is 6.42 Å². The molecule has 1 N–H and O–H groups in total. The smallest absolute Gasteiger partial charge is 0.328 e. The Morgan fingerprint density at radius 3 is 3.00 bits per heavy atom. The molecule has 0 bridgehead atoms. The van der Waals surface area contributed by atoms with Crippen LogP contribution in [-0.4, -0.2) is 28.2 Å². The molecule has 0 amide bonds. The molecule has 0 aliphatic carbocycles. The first-order chi connectivity index (χ1) is 9.47. The Hall–Kier alpha value is -1.47. The molecule has 1 aromatic rings. The van der Waals surface area contributed by atoms with Crippen LogP contribution in [-0.2, 0) is 14.3 Å². The Morgan fingerprint density at radius 2 is 2.35 bits per heavy atom. The van der Waals surface area contributed by atoms with E-state index < -0.39 is 0 Å². The number of esters is 1. The summed E-state index contributed by atoms with van der Waals surface area (Å²) in [5, 5.41) is 0. The predicted octanol–water partition coefficient (Wildman–Crippen LogP) is 1.78. The van der Waals surface area contributed by atoms with E-state index in [9.17, 15) is 9.59 Å². The molecular formula is C13H18N2O4S. The van der Waals surface area contributed by atoms with E-state index in [1.165, 1.54) is 4.57 Å². The molecule has 1 aliphatic rings. The number of H-pyrrole nitrogens is 1. The zero-order valence-electron chi connectivity index (χ0n) is 11.5. The van der Waals surface area contributed by atoms with Crippen molar-refractivity contribution in [2.45, 2.75) is 39.0 Å². The predicted molar refractivity (Wildman–Crippen MR) is 74.8 cm³/mol. The first kappa shape index (κ1) is 14.9. The average Bonchev–Trinajstić information content (AvgIpc) is 2.84. The lowest BCUT2D eigenvalue weighted by Gasteiger charge is -2.16. The van der Waals surface area contributed by atoms with Gasteiger partial charge in [-0.05, 0) is 18.9 Å². The summed E-state index contributed by atoms with van der Waals surface area (Å²) in [6.07, 6.45) is 2.57. The molecule has 2 atom stereocenters. The van der Waals surface area contributed by atoms with Crippen LogP contribution >= 0.6 is 12.2 Å². The van der Waals surface area contributed by atoms with Crippen LogP contribution in [0.2, 0.25) is 0 Å². The van der Waals surface area contributed by atoms with Gasteiger partial charge in [-0.2, -0.15) is 0 Å². The van der Waals surface area contributed by atoms with Gasteiger partial charge in [0.1, 0.15) is 17.5 Å². The minimum absolute atomic E-state index is 0.149. The van der Waals surface area contributed by atoms with Crippen LogP contribution in [0.1, 0.15) is 32.9 Å². The zero-order valence-corrected chi connectivity index (χ0v) is 12.3. The molecule has 0 spiro atoms. The number of aromatic nitrogens is 2. The highest BCUT2D eigenvalue weighted by molar-refractivity contribution is 7.71. The highest BCUT2D eigenvalue weighted by Gasteiger charge is 2.28. The minimum atomic E-state index is -0.336. The van der Waals surface area contributed by atoms with Crippen LogP contribution in [0.5, 0.6) is 0 Å². The summed E-state index contributed by atoms with van der Waals surface area (Å²) >= 11 is 4.88. The second-order valence-electron chi connectivity index (χ2n) is 5.09. The molecule has 2 heterocycles. The maximum Gasteiger partial charge on any atom is 0.328 e. The molecule has 0 saturated carbocycles. The molecule has 1 saturated heterocycles. The summed E-state index contributed by atoms with van der Waals surface area (Å²) in [4.78, 5) is 25.7. The van der Waals surface area contributed by atoms with Crippen LogP contribution in [0.4, 0.5) is 0 Å². The third-order valence-electron chi connectivity index (χ3n) is 3.13. The van der Waals surface area contributed by atoms with Gasteiger partial charge >= 0.3 is 11.7 Å². The van der Waals surface area contributed by atoms with Gasteiger partial charge < -0.3 is 9.47 Å². The number of carbonyl (C=O) groups is 1. The van der Waals surface area contributed by atoms with Gasteiger partial charge in [0, 0.05) is 6.20 Å². The maximum absolute atomic E-state index is 11.8. The van der Waals surface area contributed by atoms with Gasteiger partial charge in [-0.3, -0.25) is 14.3 Å². The van der Waals surface area contributed by atoms with E-state index in [-0.39, 0.29) is 36.5 Å². The van der Waals surface area contributed by atoms with Gasteiger partial charge in [0.05, 0.1) is 12.0 Å². The third kappa shape index (κ3) is 3.55. The van der Waals surface area contributed by atoms with Crippen molar-refractivity contribution in [2.75, 3.05) is 6.61 Å². The topological polar surface area (TPSA) is 73.3 Å². The van der Waals surface area contributed by atoms with Gasteiger partial charge in [0.2, 0.25) is 0 Å². The van der Waals surface area contributed by atoms with E-state index in [4.69, 9.17) is 21.7 Å². The fraction of sp³-hybridized carbons (Fsp3) is 0.615. The van der Waals surface area contributed by atoms with E-state index in [0.29, 0.717) is 11.1 Å². The Kier molecular flexibility index (Phi) is 4.72. The number of carbonyl (C=O) groups excluding carboxylic acids is 1. The maximum atomic E-state index is 11.8. The Morgan fingerprint density at radius 1 is 1.60 bits per heavy atom. The summed E-state index contributed by atoms with van der Waals surface area (Å²) in [6.45, 7) is 3.80. The molecule has 1 fully saturated rings. The second kappa shape index (κ2) is 6.32. The molecule has 6 nitrogen and oxygen atoms in total. The fourth-order valence-corrected chi connectivity index (χ4v) is 2.16. The Labute approximate surface area is 121 Å². The van der Waals surface area contributed by atoms with Crippen molar-refractivity contribution in [3.63, 3.8) is 0 Å². The van der Waals surface area contributed by atoms with Crippen molar-refractivity contribution >= 4 is 18.2 Å². The normalized spacial score (nSPS) is 22.1. The highest BCUT2D eigenvalue weighted by Crippen LogP contribution is 2.27. The zero-order chi connectivity index (χ0) is 14.7. The molecule has 20 heavy (non-hydrogen) atoms. The number of hydrogen-bond donors (Lipinski definition) is 1. The monoisotopic (exact) mass is 298 g/mol. The number of rotatable bonds is 4. The van der Waals surface area contributed by atoms with Crippen LogP contribution < -0.4 is 5.69 Å². The first-order valence-electron chi connectivity index (χ1n) is 6.61. The lowest BCUT2D eigenvalue weighted by Crippen LogP contribution is -2.27. The Balaban J connectivity index is 1.94. The molecule has 2 rings (SSSR count). The lowest BCUT2D eigenvalue weighted by atomic mass is 10.2. The van der Waals surface area contributed by atoms with Gasteiger partial charge in [-0.1, -0.05) is 26.1 Å². The van der Waals surface area contributed by atoms with Crippen molar-refractivity contribution < 1.29 is 14.3 Å². The van der Waals surface area contributed by atoms with E-state index in [2.05, 4.69) is 4.98 Å². The van der Waals surface area contributed by atoms with E-state index in [1.807, 2.05) is 0 Å². The number of ether oxygens (including phenoxy) is 2. The van der Waals surface area contributed by atoms with Crippen LogP contribution in [0, 0.1) is 10.6 Å². The van der Waals surface area contributed by atoms with E-state index >= 15 is 0 Å². The summed E-state index contributed by atoms with van der Waals surface area (Å²) in [6, 6.07) is 1.65. The summed E-state index contributed by atoms with van der Waals surface area (Å²) in [7, 11) is 0. The largest absolute Gasteiger partial charge is 0.463 e. The van der Waals surface area contributed by atoms with Crippen LogP contribution in [0.25, 0.3) is 0 Å². The highest BCUT2D eigenvalue weighted by atomic mass is 32.1.